The third-order valence-corrected chi connectivity index (χ3v) is 4.27. The third kappa shape index (κ3) is 6.22. The summed E-state index contributed by atoms with van der Waals surface area (Å²) in [6.07, 6.45) is 0. The molecule has 2 amide bonds. The minimum absolute atomic E-state index is 0.0247. The first kappa shape index (κ1) is 20.6. The molecule has 0 saturated carbocycles. The van der Waals surface area contributed by atoms with Crippen molar-refractivity contribution in [3.05, 3.63) is 65.2 Å². The topological polar surface area (TPSA) is 61.4 Å². The van der Waals surface area contributed by atoms with E-state index in [0.29, 0.717) is 12.1 Å². The Labute approximate surface area is 161 Å². The van der Waals surface area contributed by atoms with Crippen molar-refractivity contribution in [1.29, 1.82) is 0 Å². The van der Waals surface area contributed by atoms with E-state index < -0.39 is 0 Å². The van der Waals surface area contributed by atoms with Crippen LogP contribution in [0.1, 0.15) is 42.3 Å². The Morgan fingerprint density at radius 2 is 1.74 bits per heavy atom. The van der Waals surface area contributed by atoms with Gasteiger partial charge in [-0.2, -0.15) is 0 Å². The zero-order valence-corrected chi connectivity index (χ0v) is 16.6. The van der Waals surface area contributed by atoms with Crippen molar-refractivity contribution >= 4 is 17.5 Å². The summed E-state index contributed by atoms with van der Waals surface area (Å²) in [5.74, 6) is -0.0635. The molecule has 5 nitrogen and oxygen atoms in total. The molecular weight excluding hydrogens is 338 g/mol. The van der Waals surface area contributed by atoms with Gasteiger partial charge < -0.3 is 15.5 Å². The van der Waals surface area contributed by atoms with Crippen molar-refractivity contribution < 1.29 is 9.59 Å². The van der Waals surface area contributed by atoms with E-state index in [0.717, 1.165) is 29.9 Å². The van der Waals surface area contributed by atoms with Crippen LogP contribution < -0.4 is 10.6 Å². The van der Waals surface area contributed by atoms with Gasteiger partial charge in [-0.15, -0.1) is 0 Å². The zero-order valence-electron chi connectivity index (χ0n) is 16.6. The van der Waals surface area contributed by atoms with Crippen molar-refractivity contribution in [1.82, 2.24) is 10.2 Å². The first-order valence-electron chi connectivity index (χ1n) is 9.35. The molecule has 0 aromatic heterocycles. The average molecular weight is 367 g/mol. The van der Waals surface area contributed by atoms with E-state index in [1.807, 2.05) is 50.2 Å². The molecule has 2 rings (SSSR count). The number of hydrogen-bond acceptors (Lipinski definition) is 3. The molecule has 0 unspecified atom stereocenters. The maximum atomic E-state index is 12.5. The number of hydrogen-bond donors (Lipinski definition) is 2. The molecule has 0 aliphatic rings. The van der Waals surface area contributed by atoms with E-state index in [9.17, 15) is 9.59 Å². The van der Waals surface area contributed by atoms with Crippen LogP contribution in [0.4, 0.5) is 5.69 Å². The van der Waals surface area contributed by atoms with E-state index >= 15 is 0 Å². The number of nitrogens with zero attached hydrogens (tertiary/aromatic N) is 1. The van der Waals surface area contributed by atoms with Crippen LogP contribution in [-0.4, -0.2) is 30.3 Å². The molecule has 2 aromatic rings. The van der Waals surface area contributed by atoms with Gasteiger partial charge in [0.25, 0.3) is 5.91 Å². The van der Waals surface area contributed by atoms with E-state index in [2.05, 4.69) is 17.6 Å². The largest absolute Gasteiger partial charge is 0.341 e. The molecule has 0 radical (unpaired) electrons. The van der Waals surface area contributed by atoms with Gasteiger partial charge in [-0.3, -0.25) is 9.59 Å². The van der Waals surface area contributed by atoms with Crippen molar-refractivity contribution in [2.45, 2.75) is 33.9 Å². The number of amides is 2. The molecule has 0 fully saturated rings. The van der Waals surface area contributed by atoms with Gasteiger partial charge >= 0.3 is 0 Å². The molecule has 0 aliphatic carbocycles. The van der Waals surface area contributed by atoms with Gasteiger partial charge in [0, 0.05) is 37.3 Å². The van der Waals surface area contributed by atoms with Crippen LogP contribution in [-0.2, 0) is 17.9 Å². The first-order valence-corrected chi connectivity index (χ1v) is 9.35. The Kier molecular flexibility index (Phi) is 7.55. The number of nitrogens with one attached hydrogen (secondary N) is 2. The van der Waals surface area contributed by atoms with E-state index in [-0.39, 0.29) is 17.7 Å². The lowest BCUT2D eigenvalue weighted by atomic mass is 10.1. The molecule has 0 heterocycles. The second-order valence-electron chi connectivity index (χ2n) is 6.98. The molecule has 27 heavy (non-hydrogen) atoms. The first-order chi connectivity index (χ1) is 12.9. The quantitative estimate of drug-likeness (QED) is 0.748. The highest BCUT2D eigenvalue weighted by Crippen LogP contribution is 2.14. The lowest BCUT2D eigenvalue weighted by Gasteiger charge is -2.19. The van der Waals surface area contributed by atoms with Crippen molar-refractivity contribution in [2.24, 2.45) is 5.92 Å². The monoisotopic (exact) mass is 367 g/mol. The minimum Gasteiger partial charge on any atom is -0.341 e. The van der Waals surface area contributed by atoms with Gasteiger partial charge in [0.05, 0.1) is 0 Å². The molecule has 0 spiro atoms. The van der Waals surface area contributed by atoms with Crippen LogP contribution in [0.3, 0.4) is 0 Å². The summed E-state index contributed by atoms with van der Waals surface area (Å²) < 4.78 is 0. The van der Waals surface area contributed by atoms with Gasteiger partial charge in [-0.05, 0) is 41.9 Å². The van der Waals surface area contributed by atoms with Crippen LogP contribution in [0.2, 0.25) is 0 Å². The van der Waals surface area contributed by atoms with Gasteiger partial charge in [-0.25, -0.2) is 0 Å². The van der Waals surface area contributed by atoms with Crippen LogP contribution in [0.15, 0.2) is 48.5 Å². The highest BCUT2D eigenvalue weighted by Gasteiger charge is 2.13. The summed E-state index contributed by atoms with van der Waals surface area (Å²) in [7, 11) is 1.79. The summed E-state index contributed by atoms with van der Waals surface area (Å²) in [6.45, 7) is 8.05. The van der Waals surface area contributed by atoms with Gasteiger partial charge in [-0.1, -0.05) is 45.0 Å². The summed E-state index contributed by atoms with van der Waals surface area (Å²) in [5, 5.41) is 6.21. The number of carbonyl (C=O) groups is 2. The molecule has 2 aromatic carbocycles. The Balaban J connectivity index is 1.98. The maximum absolute atomic E-state index is 12.5. The summed E-state index contributed by atoms with van der Waals surface area (Å²) in [4.78, 5) is 26.2. The molecule has 2 N–H and O–H groups in total. The minimum atomic E-state index is -0.145. The molecule has 0 aliphatic heterocycles. The Bertz CT molecular complexity index is 769. The molecule has 0 bridgehead atoms. The van der Waals surface area contributed by atoms with Crippen LogP contribution in [0.5, 0.6) is 0 Å². The lowest BCUT2D eigenvalue weighted by Crippen LogP contribution is -2.29. The zero-order chi connectivity index (χ0) is 19.8. The SMILES string of the molecule is CCNCc1cccc(NC(=O)c2ccc(CN(C)C(=O)C(C)C)cc2)c1. The average Bonchev–Trinajstić information content (AvgIpc) is 2.66. The Morgan fingerprint density at radius 3 is 2.37 bits per heavy atom. The van der Waals surface area contributed by atoms with Crippen LogP contribution in [0, 0.1) is 5.92 Å². The molecule has 144 valence electrons. The summed E-state index contributed by atoms with van der Waals surface area (Å²) >= 11 is 0. The van der Waals surface area contributed by atoms with Crippen LogP contribution >= 0.6 is 0 Å². The maximum Gasteiger partial charge on any atom is 0.255 e. The van der Waals surface area contributed by atoms with Crippen molar-refractivity contribution in [3.8, 4) is 0 Å². The van der Waals surface area contributed by atoms with Crippen molar-refractivity contribution in [2.75, 3.05) is 18.9 Å². The second kappa shape index (κ2) is 9.88. The highest BCUT2D eigenvalue weighted by molar-refractivity contribution is 6.04. The number of carbonyl (C=O) groups excluding carboxylic acids is 2. The fourth-order valence-electron chi connectivity index (χ4n) is 2.79. The highest BCUT2D eigenvalue weighted by atomic mass is 16.2. The molecular formula is C22H29N3O2. The fraction of sp³-hybridized carbons (Fsp3) is 0.364. The second-order valence-corrected chi connectivity index (χ2v) is 6.98. The van der Waals surface area contributed by atoms with E-state index in [1.54, 1.807) is 24.1 Å². The summed E-state index contributed by atoms with van der Waals surface area (Å²) in [6, 6.07) is 15.2. The smallest absolute Gasteiger partial charge is 0.255 e. The van der Waals surface area contributed by atoms with Crippen LogP contribution in [0.25, 0.3) is 0 Å². The van der Waals surface area contributed by atoms with Crippen molar-refractivity contribution in [3.63, 3.8) is 0 Å². The molecule has 0 atom stereocenters. The number of anilines is 1. The number of rotatable bonds is 8. The third-order valence-electron chi connectivity index (χ3n) is 4.27. The fourth-order valence-corrected chi connectivity index (χ4v) is 2.79. The molecule has 5 heteroatoms. The van der Waals surface area contributed by atoms with E-state index in [1.165, 1.54) is 0 Å². The van der Waals surface area contributed by atoms with E-state index in [4.69, 9.17) is 0 Å². The Hall–Kier alpha value is -2.66. The Morgan fingerprint density at radius 1 is 1.04 bits per heavy atom. The van der Waals surface area contributed by atoms with Gasteiger partial charge in [0.15, 0.2) is 0 Å². The summed E-state index contributed by atoms with van der Waals surface area (Å²) in [5.41, 5.74) is 3.49. The lowest BCUT2D eigenvalue weighted by molar-refractivity contribution is -0.133. The number of benzene rings is 2. The normalized spacial score (nSPS) is 10.7. The molecule has 0 saturated heterocycles. The predicted molar refractivity (Wildman–Crippen MR) is 110 cm³/mol. The van der Waals surface area contributed by atoms with Gasteiger partial charge in [0.1, 0.15) is 0 Å². The predicted octanol–water partition coefficient (Wildman–Crippen LogP) is 3.66. The standard InChI is InChI=1S/C22H29N3O2/c1-5-23-14-18-7-6-8-20(13-18)24-21(26)19-11-9-17(10-12-19)15-25(4)22(27)16(2)3/h6-13,16,23H,5,14-15H2,1-4H3,(H,24,26). The van der Waals surface area contributed by atoms with Gasteiger partial charge in [0.2, 0.25) is 5.91 Å².